The molecule has 5 aromatic rings. The summed E-state index contributed by atoms with van der Waals surface area (Å²) in [4.78, 5) is 0. The minimum atomic E-state index is -5.38. The van der Waals surface area contributed by atoms with E-state index in [9.17, 15) is 73.7 Å². The topological polar surface area (TPSA) is 95.2 Å². The molecule has 0 fully saturated rings. The van der Waals surface area contributed by atoms with Crippen LogP contribution in [0.15, 0.2) is 97.1 Å². The molecule has 0 aliphatic carbocycles. The molecule has 0 aromatic heterocycles. The zero-order valence-corrected chi connectivity index (χ0v) is 27.6. The van der Waals surface area contributed by atoms with Crippen molar-refractivity contribution in [2.24, 2.45) is 0 Å². The molecule has 0 radical (unpaired) electrons. The Balaban J connectivity index is 2.14. The standard InChI is InChI=1S/C40H16F12N4/c41-37(42,43)27-9-25(10-28(13-27)38(44,45)46)31-16-34(36(20-56)24-7-3-22(18-54)4-8-24)32(15-33(31)35(19-55)23-5-1-21(17-53)2-6-23)26-11-29(39(47,48)49)14-30(12-26)40(50,51)52/h1-16H/b35-33+,36-34+. The van der Waals surface area contributed by atoms with Crippen LogP contribution in [0.25, 0.3) is 33.4 Å². The van der Waals surface area contributed by atoms with Gasteiger partial charge in [0.15, 0.2) is 0 Å². The summed E-state index contributed by atoms with van der Waals surface area (Å²) in [5, 5.41) is 38.2. The lowest BCUT2D eigenvalue weighted by molar-refractivity contribution is -0.144. The zero-order valence-electron chi connectivity index (χ0n) is 27.6. The third-order valence-corrected chi connectivity index (χ3v) is 8.32. The van der Waals surface area contributed by atoms with Gasteiger partial charge in [0.1, 0.15) is 12.1 Å². The maximum Gasteiger partial charge on any atom is 0.416 e. The average molecular weight is 781 g/mol. The van der Waals surface area contributed by atoms with E-state index >= 15 is 0 Å². The second-order valence-corrected chi connectivity index (χ2v) is 11.9. The molecule has 5 rings (SSSR count). The van der Waals surface area contributed by atoms with Gasteiger partial charge in [-0.3, -0.25) is 0 Å². The first-order valence-corrected chi connectivity index (χ1v) is 15.4. The van der Waals surface area contributed by atoms with Crippen molar-refractivity contribution in [1.29, 1.82) is 21.0 Å². The molecule has 0 N–H and O–H groups in total. The zero-order chi connectivity index (χ0) is 41.4. The van der Waals surface area contributed by atoms with Crippen molar-refractivity contribution < 1.29 is 52.7 Å². The van der Waals surface area contributed by atoms with Crippen molar-refractivity contribution in [3.05, 3.63) is 152 Å². The summed E-state index contributed by atoms with van der Waals surface area (Å²) in [6, 6.07) is 19.0. The van der Waals surface area contributed by atoms with Crippen molar-refractivity contribution in [3.8, 4) is 46.5 Å². The largest absolute Gasteiger partial charge is 0.416 e. The molecule has 0 atom stereocenters. The Morgan fingerprint density at radius 2 is 0.643 bits per heavy atom. The Labute approximate surface area is 307 Å². The molecular weight excluding hydrogens is 764 g/mol. The van der Waals surface area contributed by atoms with Gasteiger partial charge in [-0.05, 0) is 106 Å². The van der Waals surface area contributed by atoms with Gasteiger partial charge in [-0.15, -0.1) is 0 Å². The summed E-state index contributed by atoms with van der Waals surface area (Å²) >= 11 is 0. The van der Waals surface area contributed by atoms with E-state index in [1.165, 1.54) is 48.5 Å². The van der Waals surface area contributed by atoms with Crippen LogP contribution in [-0.4, -0.2) is 0 Å². The van der Waals surface area contributed by atoms with Crippen LogP contribution >= 0.6 is 0 Å². The van der Waals surface area contributed by atoms with Crippen LogP contribution in [0.3, 0.4) is 0 Å². The lowest BCUT2D eigenvalue weighted by Gasteiger charge is -2.18. The molecule has 5 aromatic carbocycles. The molecule has 0 amide bonds. The van der Waals surface area contributed by atoms with Gasteiger partial charge >= 0.3 is 24.7 Å². The fraction of sp³-hybridized carbons (Fsp3) is 0.100. The van der Waals surface area contributed by atoms with Crippen LogP contribution < -0.4 is 10.4 Å². The number of halogens is 12. The minimum absolute atomic E-state index is 0.0503. The predicted octanol–water partition coefficient (Wildman–Crippen LogP) is 10.3. The first-order chi connectivity index (χ1) is 26.1. The van der Waals surface area contributed by atoms with Crippen LogP contribution in [0, 0.1) is 45.3 Å². The molecule has 0 aliphatic rings. The maximum atomic E-state index is 14.1. The van der Waals surface area contributed by atoms with Gasteiger partial charge in [0.05, 0.1) is 56.7 Å². The summed E-state index contributed by atoms with van der Waals surface area (Å²) in [7, 11) is 0. The first-order valence-electron chi connectivity index (χ1n) is 15.4. The van der Waals surface area contributed by atoms with Crippen molar-refractivity contribution in [1.82, 2.24) is 0 Å². The summed E-state index contributed by atoms with van der Waals surface area (Å²) in [5.41, 5.74) is -11.4. The second-order valence-electron chi connectivity index (χ2n) is 11.9. The molecule has 0 saturated heterocycles. The fourth-order valence-corrected chi connectivity index (χ4v) is 5.70. The minimum Gasteiger partial charge on any atom is -0.192 e. The number of nitriles is 4. The summed E-state index contributed by atoms with van der Waals surface area (Å²) in [5.74, 6) is 0. The third-order valence-electron chi connectivity index (χ3n) is 8.32. The third kappa shape index (κ3) is 8.36. The Bertz CT molecular complexity index is 2410. The van der Waals surface area contributed by atoms with Gasteiger partial charge in [0.2, 0.25) is 0 Å². The van der Waals surface area contributed by atoms with Crippen LogP contribution in [0.4, 0.5) is 52.7 Å². The van der Waals surface area contributed by atoms with Gasteiger partial charge in [0.25, 0.3) is 0 Å². The number of benzene rings is 5. The van der Waals surface area contributed by atoms with Crippen molar-refractivity contribution in [2.75, 3.05) is 0 Å². The van der Waals surface area contributed by atoms with E-state index in [1.54, 1.807) is 24.3 Å². The quantitative estimate of drug-likeness (QED) is 0.170. The monoisotopic (exact) mass is 780 g/mol. The van der Waals surface area contributed by atoms with Crippen LogP contribution in [0.1, 0.15) is 44.5 Å². The summed E-state index contributed by atoms with van der Waals surface area (Å²) in [6.45, 7) is 0. The van der Waals surface area contributed by atoms with Gasteiger partial charge in [-0.25, -0.2) is 0 Å². The predicted molar refractivity (Wildman–Crippen MR) is 175 cm³/mol. The van der Waals surface area contributed by atoms with Gasteiger partial charge in [-0.2, -0.15) is 73.7 Å². The molecule has 0 bridgehead atoms. The lowest BCUT2D eigenvalue weighted by atomic mass is 9.87. The van der Waals surface area contributed by atoms with Crippen molar-refractivity contribution in [3.63, 3.8) is 0 Å². The fourth-order valence-electron chi connectivity index (χ4n) is 5.70. The highest BCUT2D eigenvalue weighted by Gasteiger charge is 2.39. The van der Waals surface area contributed by atoms with Crippen LogP contribution in [-0.2, 0) is 24.7 Å². The number of hydrogen-bond acceptors (Lipinski definition) is 4. The molecule has 0 heterocycles. The Kier molecular flexibility index (Phi) is 10.5. The summed E-state index contributed by atoms with van der Waals surface area (Å²) in [6.07, 6.45) is -21.5. The van der Waals surface area contributed by atoms with Crippen molar-refractivity contribution >= 4 is 11.1 Å². The maximum absolute atomic E-state index is 14.1. The smallest absolute Gasteiger partial charge is 0.192 e. The molecule has 4 nitrogen and oxygen atoms in total. The molecule has 0 unspecified atom stereocenters. The first kappa shape index (κ1) is 40.2. The normalized spacial score (nSPS) is 13.1. The van der Waals surface area contributed by atoms with E-state index in [4.69, 9.17) is 0 Å². The number of nitrogens with zero attached hydrogens (tertiary/aromatic N) is 4. The molecule has 16 heteroatoms. The number of hydrogen-bond donors (Lipinski definition) is 0. The van der Waals surface area contributed by atoms with E-state index in [1.807, 2.05) is 0 Å². The van der Waals surface area contributed by atoms with Crippen LogP contribution in [0.5, 0.6) is 0 Å². The van der Waals surface area contributed by atoms with Gasteiger partial charge in [0, 0.05) is 10.4 Å². The summed E-state index contributed by atoms with van der Waals surface area (Å²) < 4.78 is 169. The molecule has 56 heavy (non-hydrogen) atoms. The van der Waals surface area contributed by atoms with E-state index in [0.29, 0.717) is 24.3 Å². The Morgan fingerprint density at radius 1 is 0.375 bits per heavy atom. The highest BCUT2D eigenvalue weighted by Crippen LogP contribution is 2.40. The molecular formula is C40H16F12N4. The average Bonchev–Trinajstić information content (AvgIpc) is 3.14. The van der Waals surface area contributed by atoms with Crippen LogP contribution in [0.2, 0.25) is 0 Å². The van der Waals surface area contributed by atoms with E-state index in [0.717, 1.165) is 12.1 Å². The highest BCUT2D eigenvalue weighted by atomic mass is 19.4. The van der Waals surface area contributed by atoms with E-state index < -0.39 is 90.8 Å². The lowest BCUT2D eigenvalue weighted by Crippen LogP contribution is -2.21. The Morgan fingerprint density at radius 3 is 0.857 bits per heavy atom. The van der Waals surface area contributed by atoms with Gasteiger partial charge < -0.3 is 0 Å². The number of rotatable bonds is 4. The van der Waals surface area contributed by atoms with Crippen molar-refractivity contribution in [2.45, 2.75) is 24.7 Å². The van der Waals surface area contributed by atoms with E-state index in [2.05, 4.69) is 0 Å². The molecule has 280 valence electrons. The van der Waals surface area contributed by atoms with Gasteiger partial charge in [-0.1, -0.05) is 24.3 Å². The highest BCUT2D eigenvalue weighted by molar-refractivity contribution is 5.87. The number of alkyl halides is 12. The Hall–Kier alpha value is -7.04. The molecule has 0 saturated carbocycles. The second kappa shape index (κ2) is 14.7. The van der Waals surface area contributed by atoms with E-state index in [-0.39, 0.29) is 34.4 Å². The SMILES string of the molecule is N#C/C(c1ccc(C#N)cc1)=c1/cc(-c2cc(C(F)(F)F)cc(C(F)(F)F)c2)/c(=C(\C#N)c2ccc(C#N)cc2)cc1-c1cc(C(F)(F)F)cc(C(F)(F)F)c1. The molecule has 0 aliphatic heterocycles. The molecule has 0 spiro atoms.